The molecule has 154 valence electrons. The minimum absolute atomic E-state index is 0.195. The van der Waals surface area contributed by atoms with Gasteiger partial charge in [-0.15, -0.1) is 0 Å². The van der Waals surface area contributed by atoms with Crippen LogP contribution in [0.3, 0.4) is 0 Å². The van der Waals surface area contributed by atoms with E-state index in [9.17, 15) is 4.79 Å². The number of benzene rings is 1. The summed E-state index contributed by atoms with van der Waals surface area (Å²) in [6.45, 7) is 2.76. The Morgan fingerprint density at radius 3 is 2.50 bits per heavy atom. The predicted molar refractivity (Wildman–Crippen MR) is 113 cm³/mol. The maximum atomic E-state index is 12.2. The number of unbranched alkanes of at least 4 members (excludes halogenated alkanes) is 4. The van der Waals surface area contributed by atoms with Crippen LogP contribution in [0.15, 0.2) is 35.6 Å². The molecule has 3 heteroatoms. The van der Waals surface area contributed by atoms with E-state index in [1.165, 1.54) is 61.8 Å². The van der Waals surface area contributed by atoms with Gasteiger partial charge in [0, 0.05) is 6.42 Å². The SMILES string of the molecule is CCCCC[C@H]1CC1c1ccc(C(=O)OCCCCCC(OC)=C2CC2)cc1. The van der Waals surface area contributed by atoms with Crippen LogP contribution >= 0.6 is 0 Å². The van der Waals surface area contributed by atoms with Crippen LogP contribution in [0, 0.1) is 5.92 Å². The molecule has 0 spiro atoms. The Bertz CT molecular complexity index is 653. The van der Waals surface area contributed by atoms with E-state index in [1.807, 2.05) is 12.1 Å². The molecule has 3 rings (SSSR count). The molecular formula is C25H36O3. The van der Waals surface area contributed by atoms with Gasteiger partial charge in [0.25, 0.3) is 0 Å². The van der Waals surface area contributed by atoms with Gasteiger partial charge < -0.3 is 9.47 Å². The van der Waals surface area contributed by atoms with Crippen molar-refractivity contribution in [2.24, 2.45) is 5.92 Å². The fraction of sp³-hybridized carbons (Fsp3) is 0.640. The zero-order valence-corrected chi connectivity index (χ0v) is 17.7. The second-order valence-corrected chi connectivity index (χ2v) is 8.40. The van der Waals surface area contributed by atoms with E-state index in [2.05, 4.69) is 19.1 Å². The number of rotatable bonds is 13. The predicted octanol–water partition coefficient (Wildman–Crippen LogP) is 6.78. The van der Waals surface area contributed by atoms with E-state index >= 15 is 0 Å². The van der Waals surface area contributed by atoms with Gasteiger partial charge in [-0.25, -0.2) is 4.79 Å². The van der Waals surface area contributed by atoms with Crippen LogP contribution in [0.25, 0.3) is 0 Å². The smallest absolute Gasteiger partial charge is 0.338 e. The standard InChI is InChI=1S/C25H36O3/c1-3-4-6-9-22-18-23(22)19-11-15-21(16-12-19)25(26)28-17-8-5-7-10-24(27-2)20-13-14-20/h11-12,15-16,22-23H,3-10,13-14,17-18H2,1-2H3/t22-,23?/m0/s1. The van der Waals surface area contributed by atoms with E-state index in [1.54, 1.807) is 7.11 Å². The van der Waals surface area contributed by atoms with Crippen molar-refractivity contribution in [2.75, 3.05) is 13.7 Å². The molecule has 0 saturated heterocycles. The lowest BCUT2D eigenvalue weighted by atomic mass is 10.0. The van der Waals surface area contributed by atoms with Crippen molar-refractivity contribution in [3.63, 3.8) is 0 Å². The summed E-state index contributed by atoms with van der Waals surface area (Å²) in [6, 6.07) is 8.12. The van der Waals surface area contributed by atoms with E-state index in [0.29, 0.717) is 18.1 Å². The van der Waals surface area contributed by atoms with Crippen LogP contribution in [0.2, 0.25) is 0 Å². The highest BCUT2D eigenvalue weighted by molar-refractivity contribution is 5.89. The fourth-order valence-electron chi connectivity index (χ4n) is 4.07. The maximum Gasteiger partial charge on any atom is 0.338 e. The molecular weight excluding hydrogens is 348 g/mol. The van der Waals surface area contributed by atoms with Crippen molar-refractivity contribution in [1.82, 2.24) is 0 Å². The molecule has 0 bridgehead atoms. The molecule has 0 radical (unpaired) electrons. The summed E-state index contributed by atoms with van der Waals surface area (Å²) in [4.78, 5) is 12.2. The summed E-state index contributed by atoms with van der Waals surface area (Å²) >= 11 is 0. The Morgan fingerprint density at radius 2 is 1.82 bits per heavy atom. The first kappa shape index (κ1) is 21.0. The molecule has 2 aliphatic rings. The number of esters is 1. The molecule has 2 saturated carbocycles. The highest BCUT2D eigenvalue weighted by Gasteiger charge is 2.37. The second-order valence-electron chi connectivity index (χ2n) is 8.40. The van der Waals surface area contributed by atoms with Crippen LogP contribution in [0.4, 0.5) is 0 Å². The number of hydrogen-bond acceptors (Lipinski definition) is 3. The lowest BCUT2D eigenvalue weighted by Gasteiger charge is -2.07. The highest BCUT2D eigenvalue weighted by Crippen LogP contribution is 2.50. The Morgan fingerprint density at radius 1 is 1.04 bits per heavy atom. The summed E-state index contributed by atoms with van der Waals surface area (Å²) < 4.78 is 10.9. The molecule has 0 aromatic heterocycles. The Hall–Kier alpha value is -1.77. The monoisotopic (exact) mass is 384 g/mol. The molecule has 3 nitrogen and oxygen atoms in total. The van der Waals surface area contributed by atoms with E-state index < -0.39 is 0 Å². The molecule has 0 heterocycles. The van der Waals surface area contributed by atoms with Crippen molar-refractivity contribution in [3.05, 3.63) is 46.7 Å². The van der Waals surface area contributed by atoms with Crippen LogP contribution < -0.4 is 0 Å². The average Bonchev–Trinajstić information content (AvgIpc) is 3.62. The molecule has 0 aliphatic heterocycles. The summed E-state index contributed by atoms with van der Waals surface area (Å²) in [7, 11) is 1.77. The third-order valence-electron chi connectivity index (χ3n) is 6.10. The fourth-order valence-corrected chi connectivity index (χ4v) is 4.07. The number of ether oxygens (including phenoxy) is 2. The normalized spacial score (nSPS) is 20.0. The van der Waals surface area contributed by atoms with E-state index in [-0.39, 0.29) is 5.97 Å². The molecule has 2 fully saturated rings. The number of carbonyl (C=O) groups is 1. The van der Waals surface area contributed by atoms with Crippen LogP contribution in [-0.2, 0) is 9.47 Å². The van der Waals surface area contributed by atoms with Crippen molar-refractivity contribution >= 4 is 5.97 Å². The molecule has 2 atom stereocenters. The molecule has 2 aliphatic carbocycles. The number of methoxy groups -OCH3 is 1. The summed E-state index contributed by atoms with van der Waals surface area (Å²) in [6.07, 6.45) is 13.2. The van der Waals surface area contributed by atoms with Gasteiger partial charge in [0.15, 0.2) is 0 Å². The summed E-state index contributed by atoms with van der Waals surface area (Å²) in [5, 5.41) is 0. The number of allylic oxidation sites excluding steroid dienone is 2. The van der Waals surface area contributed by atoms with Crippen LogP contribution in [0.1, 0.15) is 99.4 Å². The summed E-state index contributed by atoms with van der Waals surface area (Å²) in [5.41, 5.74) is 3.54. The second kappa shape index (κ2) is 10.7. The molecule has 0 amide bonds. The van der Waals surface area contributed by atoms with Gasteiger partial charge in [0.2, 0.25) is 0 Å². The van der Waals surface area contributed by atoms with Gasteiger partial charge in [-0.05, 0) is 80.1 Å². The van der Waals surface area contributed by atoms with Crippen molar-refractivity contribution in [1.29, 1.82) is 0 Å². The van der Waals surface area contributed by atoms with Gasteiger partial charge in [0.1, 0.15) is 0 Å². The van der Waals surface area contributed by atoms with Crippen molar-refractivity contribution in [3.8, 4) is 0 Å². The van der Waals surface area contributed by atoms with Crippen LogP contribution in [0.5, 0.6) is 0 Å². The minimum atomic E-state index is -0.195. The van der Waals surface area contributed by atoms with Gasteiger partial charge in [0.05, 0.1) is 25.0 Å². The minimum Gasteiger partial charge on any atom is -0.501 e. The van der Waals surface area contributed by atoms with Gasteiger partial charge >= 0.3 is 5.97 Å². The van der Waals surface area contributed by atoms with E-state index in [4.69, 9.17) is 9.47 Å². The van der Waals surface area contributed by atoms with E-state index in [0.717, 1.165) is 31.6 Å². The molecule has 28 heavy (non-hydrogen) atoms. The molecule has 1 unspecified atom stereocenters. The lowest BCUT2D eigenvalue weighted by molar-refractivity contribution is 0.0497. The average molecular weight is 385 g/mol. The first-order valence-electron chi connectivity index (χ1n) is 11.2. The molecule has 1 aromatic rings. The first-order chi connectivity index (χ1) is 13.7. The third-order valence-corrected chi connectivity index (χ3v) is 6.10. The van der Waals surface area contributed by atoms with Crippen LogP contribution in [-0.4, -0.2) is 19.7 Å². The Balaban J connectivity index is 1.30. The quantitative estimate of drug-likeness (QED) is 0.213. The van der Waals surface area contributed by atoms with Crippen molar-refractivity contribution < 1.29 is 14.3 Å². The largest absolute Gasteiger partial charge is 0.501 e. The topological polar surface area (TPSA) is 35.5 Å². The lowest BCUT2D eigenvalue weighted by Crippen LogP contribution is -2.06. The molecule has 0 N–H and O–H groups in total. The number of carbonyl (C=O) groups excluding carboxylic acids is 1. The van der Waals surface area contributed by atoms with Gasteiger partial charge in [-0.2, -0.15) is 0 Å². The Kier molecular flexibility index (Phi) is 8.00. The first-order valence-corrected chi connectivity index (χ1v) is 11.2. The maximum absolute atomic E-state index is 12.2. The van der Waals surface area contributed by atoms with Crippen molar-refractivity contribution in [2.45, 2.75) is 83.5 Å². The number of hydrogen-bond donors (Lipinski definition) is 0. The molecule has 1 aromatic carbocycles. The zero-order valence-electron chi connectivity index (χ0n) is 17.7. The highest BCUT2D eigenvalue weighted by atomic mass is 16.5. The van der Waals surface area contributed by atoms with Gasteiger partial charge in [-0.3, -0.25) is 0 Å². The van der Waals surface area contributed by atoms with Gasteiger partial charge in [-0.1, -0.05) is 38.3 Å². The Labute approximate surface area is 170 Å². The third kappa shape index (κ3) is 6.39. The summed E-state index contributed by atoms with van der Waals surface area (Å²) in [5.74, 6) is 2.56. The zero-order chi connectivity index (χ0) is 19.8.